The average molecular weight is 229 g/mol. The van der Waals surface area contributed by atoms with Crippen molar-refractivity contribution in [2.24, 2.45) is 0 Å². The Morgan fingerprint density at radius 3 is 2.69 bits per heavy atom. The van der Waals surface area contributed by atoms with Crippen molar-refractivity contribution >= 4 is 6.03 Å². The zero-order chi connectivity index (χ0) is 12.2. The number of likely N-dealkylation sites (N-methyl/N-ethyl adjacent to an activating group) is 1. The number of hydrogen-bond acceptors (Lipinski definition) is 3. The van der Waals surface area contributed by atoms with Gasteiger partial charge in [0.25, 0.3) is 0 Å². The quantitative estimate of drug-likeness (QED) is 0.734. The molecule has 16 heavy (non-hydrogen) atoms. The van der Waals surface area contributed by atoms with Crippen LogP contribution in [0.3, 0.4) is 0 Å². The summed E-state index contributed by atoms with van der Waals surface area (Å²) in [5.41, 5.74) is -0.0382. The van der Waals surface area contributed by atoms with E-state index in [9.17, 15) is 4.79 Å². The molecule has 0 saturated carbocycles. The van der Waals surface area contributed by atoms with E-state index >= 15 is 0 Å². The van der Waals surface area contributed by atoms with Gasteiger partial charge in [-0.15, -0.1) is 0 Å². The molecule has 0 aromatic heterocycles. The van der Waals surface area contributed by atoms with Crippen molar-refractivity contribution in [2.75, 3.05) is 33.9 Å². The van der Waals surface area contributed by atoms with Crippen molar-refractivity contribution < 1.29 is 9.53 Å². The van der Waals surface area contributed by atoms with Crippen molar-refractivity contribution in [2.45, 2.75) is 31.8 Å². The molecule has 0 radical (unpaired) electrons. The first-order valence-corrected chi connectivity index (χ1v) is 5.71. The molecule has 0 aromatic carbocycles. The molecule has 1 aliphatic heterocycles. The second-order valence-electron chi connectivity index (χ2n) is 5.09. The van der Waals surface area contributed by atoms with Crippen LogP contribution >= 0.6 is 0 Å². The van der Waals surface area contributed by atoms with Crippen LogP contribution < -0.4 is 10.6 Å². The molecule has 1 aliphatic rings. The molecule has 1 rings (SSSR count). The normalized spacial score (nSPS) is 21.2. The molecule has 0 bridgehead atoms. The zero-order valence-electron chi connectivity index (χ0n) is 10.7. The topological polar surface area (TPSA) is 53.6 Å². The lowest BCUT2D eigenvalue weighted by molar-refractivity contribution is 0.180. The van der Waals surface area contributed by atoms with E-state index in [-0.39, 0.29) is 17.6 Å². The summed E-state index contributed by atoms with van der Waals surface area (Å²) >= 11 is 0. The van der Waals surface area contributed by atoms with Crippen LogP contribution in [0, 0.1) is 0 Å². The number of urea groups is 1. The molecule has 5 nitrogen and oxygen atoms in total. The lowest BCUT2D eigenvalue weighted by atomic mass is 10.0. The number of nitrogens with one attached hydrogen (secondary N) is 2. The molecule has 1 atom stereocenters. The third-order valence-electron chi connectivity index (χ3n) is 3.16. The van der Waals surface area contributed by atoms with Crippen LogP contribution in [-0.4, -0.2) is 56.4 Å². The Bertz CT molecular complexity index is 235. The average Bonchev–Trinajstić information content (AvgIpc) is 2.67. The minimum Gasteiger partial charge on any atom is -0.379 e. The number of ether oxygens (including phenoxy) is 1. The standard InChI is InChI=1S/C11H23N3O2/c1-11(2,14(3)4)8-12-10(15)13-9-5-6-16-7-9/h9H,5-8H2,1-4H3,(H2,12,13,15). The van der Waals surface area contributed by atoms with Gasteiger partial charge in [-0.25, -0.2) is 4.79 Å². The van der Waals surface area contributed by atoms with Gasteiger partial charge >= 0.3 is 6.03 Å². The van der Waals surface area contributed by atoms with Crippen molar-refractivity contribution in [3.63, 3.8) is 0 Å². The van der Waals surface area contributed by atoms with Gasteiger partial charge in [0.2, 0.25) is 0 Å². The summed E-state index contributed by atoms with van der Waals surface area (Å²) in [4.78, 5) is 13.7. The van der Waals surface area contributed by atoms with Gasteiger partial charge in [-0.1, -0.05) is 0 Å². The lowest BCUT2D eigenvalue weighted by Gasteiger charge is -2.32. The number of rotatable bonds is 4. The van der Waals surface area contributed by atoms with Crippen molar-refractivity contribution in [3.8, 4) is 0 Å². The van der Waals surface area contributed by atoms with Crippen LogP contribution in [0.25, 0.3) is 0 Å². The van der Waals surface area contributed by atoms with Crippen LogP contribution in [0.5, 0.6) is 0 Å². The van der Waals surface area contributed by atoms with Crippen LogP contribution in [0.2, 0.25) is 0 Å². The second-order valence-corrected chi connectivity index (χ2v) is 5.09. The predicted octanol–water partition coefficient (Wildman–Crippen LogP) is 0.415. The summed E-state index contributed by atoms with van der Waals surface area (Å²) in [7, 11) is 4.01. The highest BCUT2D eigenvalue weighted by Crippen LogP contribution is 2.08. The van der Waals surface area contributed by atoms with Gasteiger partial charge in [0, 0.05) is 18.7 Å². The highest BCUT2D eigenvalue weighted by molar-refractivity contribution is 5.74. The van der Waals surface area contributed by atoms with Crippen molar-refractivity contribution in [1.82, 2.24) is 15.5 Å². The van der Waals surface area contributed by atoms with Crippen LogP contribution in [0.15, 0.2) is 0 Å². The van der Waals surface area contributed by atoms with Gasteiger partial charge in [-0.05, 0) is 34.4 Å². The highest BCUT2D eigenvalue weighted by atomic mass is 16.5. The molecule has 1 fully saturated rings. The Morgan fingerprint density at radius 2 is 2.19 bits per heavy atom. The first-order valence-electron chi connectivity index (χ1n) is 5.71. The second kappa shape index (κ2) is 5.50. The summed E-state index contributed by atoms with van der Waals surface area (Å²) < 4.78 is 5.19. The Balaban J connectivity index is 2.24. The number of amides is 2. The molecule has 1 saturated heterocycles. The molecule has 0 aliphatic carbocycles. The van der Waals surface area contributed by atoms with E-state index in [2.05, 4.69) is 29.4 Å². The van der Waals surface area contributed by atoms with Crippen LogP contribution in [0.1, 0.15) is 20.3 Å². The zero-order valence-corrected chi connectivity index (χ0v) is 10.7. The number of nitrogens with zero attached hydrogens (tertiary/aromatic N) is 1. The first kappa shape index (κ1) is 13.3. The fourth-order valence-electron chi connectivity index (χ4n) is 1.34. The maximum absolute atomic E-state index is 11.6. The minimum atomic E-state index is -0.106. The third kappa shape index (κ3) is 3.98. The van der Waals surface area contributed by atoms with Gasteiger partial charge in [-0.3, -0.25) is 0 Å². The van der Waals surface area contributed by atoms with E-state index in [1.165, 1.54) is 0 Å². The molecular formula is C11H23N3O2. The maximum Gasteiger partial charge on any atom is 0.315 e. The van der Waals surface area contributed by atoms with E-state index in [4.69, 9.17) is 4.74 Å². The van der Waals surface area contributed by atoms with Crippen molar-refractivity contribution in [1.29, 1.82) is 0 Å². The first-order chi connectivity index (χ1) is 7.42. The molecule has 1 heterocycles. The smallest absolute Gasteiger partial charge is 0.315 e. The number of carbonyl (C=O) groups excluding carboxylic acids is 1. The molecule has 94 valence electrons. The Labute approximate surface area is 97.5 Å². The van der Waals surface area contributed by atoms with Crippen molar-refractivity contribution in [3.05, 3.63) is 0 Å². The van der Waals surface area contributed by atoms with Gasteiger partial charge < -0.3 is 20.3 Å². The lowest BCUT2D eigenvalue weighted by Crippen LogP contribution is -2.51. The fraction of sp³-hybridized carbons (Fsp3) is 0.909. The molecule has 5 heteroatoms. The molecular weight excluding hydrogens is 206 g/mol. The van der Waals surface area contributed by atoms with Gasteiger partial charge in [0.05, 0.1) is 12.6 Å². The van der Waals surface area contributed by atoms with E-state index in [1.807, 2.05) is 14.1 Å². The summed E-state index contributed by atoms with van der Waals surface area (Å²) in [5, 5.41) is 5.78. The largest absolute Gasteiger partial charge is 0.379 e. The van der Waals surface area contributed by atoms with Crippen LogP contribution in [-0.2, 0) is 4.74 Å². The maximum atomic E-state index is 11.6. The predicted molar refractivity (Wildman–Crippen MR) is 63.5 cm³/mol. The van der Waals surface area contributed by atoms with Gasteiger partial charge in [0.15, 0.2) is 0 Å². The minimum absolute atomic E-state index is 0.0382. The van der Waals surface area contributed by atoms with Crippen LogP contribution in [0.4, 0.5) is 4.79 Å². The molecule has 2 amide bonds. The third-order valence-corrected chi connectivity index (χ3v) is 3.16. The molecule has 0 aromatic rings. The summed E-state index contributed by atoms with van der Waals surface area (Å²) in [6.07, 6.45) is 0.907. The summed E-state index contributed by atoms with van der Waals surface area (Å²) in [5.74, 6) is 0. The number of hydrogen-bond donors (Lipinski definition) is 2. The molecule has 2 N–H and O–H groups in total. The summed E-state index contributed by atoms with van der Waals surface area (Å²) in [6, 6.07) is 0.0629. The SMILES string of the molecule is CN(C)C(C)(C)CNC(=O)NC1CCOC1. The van der Waals surface area contributed by atoms with Gasteiger partial charge in [0.1, 0.15) is 0 Å². The monoisotopic (exact) mass is 229 g/mol. The van der Waals surface area contributed by atoms with E-state index < -0.39 is 0 Å². The molecule has 1 unspecified atom stereocenters. The fourth-order valence-corrected chi connectivity index (χ4v) is 1.34. The van der Waals surface area contributed by atoms with E-state index in [0.717, 1.165) is 13.0 Å². The van der Waals surface area contributed by atoms with E-state index in [1.54, 1.807) is 0 Å². The number of carbonyl (C=O) groups is 1. The Hall–Kier alpha value is -0.810. The Kier molecular flexibility index (Phi) is 4.56. The van der Waals surface area contributed by atoms with E-state index in [0.29, 0.717) is 13.2 Å². The Morgan fingerprint density at radius 1 is 1.50 bits per heavy atom. The summed E-state index contributed by atoms with van der Waals surface area (Å²) in [6.45, 7) is 6.18. The molecule has 0 spiro atoms. The van der Waals surface area contributed by atoms with Gasteiger partial charge in [-0.2, -0.15) is 0 Å². The highest BCUT2D eigenvalue weighted by Gasteiger charge is 2.22.